The summed E-state index contributed by atoms with van der Waals surface area (Å²) in [5.74, 6) is -0.206. The Kier molecular flexibility index (Phi) is 3.10. The van der Waals surface area contributed by atoms with E-state index in [1.54, 1.807) is 11.8 Å². The topological polar surface area (TPSA) is 77.0 Å². The van der Waals surface area contributed by atoms with E-state index >= 15 is 0 Å². The summed E-state index contributed by atoms with van der Waals surface area (Å²) in [7, 11) is 0. The molecular weight excluding hydrogens is 270 g/mol. The van der Waals surface area contributed by atoms with E-state index in [0.29, 0.717) is 5.75 Å². The predicted molar refractivity (Wildman–Crippen MR) is 68.6 cm³/mol. The summed E-state index contributed by atoms with van der Waals surface area (Å²) in [6.45, 7) is 5.04. The van der Waals surface area contributed by atoms with E-state index < -0.39 is 11.4 Å². The summed E-state index contributed by atoms with van der Waals surface area (Å²) < 4.78 is 17.8. The standard InChI is InChI=1S/C12H19NO5S/c1-6(15)13-7-8-9(17-11(2,3)16-8)12(4-14)5-19-10(7)18-12/h7-10,14H,4-5H2,1-3H3,(H,13,15)/t7-,8+,9+,10?,12-/m0/s1. The van der Waals surface area contributed by atoms with Crippen LogP contribution in [0.3, 0.4) is 0 Å². The van der Waals surface area contributed by atoms with Gasteiger partial charge in [-0.15, -0.1) is 11.8 Å². The number of rotatable bonds is 2. The number of aliphatic hydroxyl groups is 1. The monoisotopic (exact) mass is 289 g/mol. The lowest BCUT2D eigenvalue weighted by molar-refractivity contribution is -0.192. The number of thioether (sulfide) groups is 1. The first-order chi connectivity index (χ1) is 8.87. The maximum Gasteiger partial charge on any atom is 0.217 e. The van der Waals surface area contributed by atoms with Crippen LogP contribution in [-0.2, 0) is 19.0 Å². The molecule has 108 valence electrons. The van der Waals surface area contributed by atoms with Crippen LogP contribution < -0.4 is 5.32 Å². The average Bonchev–Trinajstić information content (AvgIpc) is 2.85. The Bertz CT molecular complexity index is 404. The summed E-state index contributed by atoms with van der Waals surface area (Å²) in [5, 5.41) is 12.6. The largest absolute Gasteiger partial charge is 0.393 e. The van der Waals surface area contributed by atoms with E-state index in [1.807, 2.05) is 13.8 Å². The summed E-state index contributed by atoms with van der Waals surface area (Å²) in [6.07, 6.45) is -0.657. The minimum absolute atomic E-state index is 0.107. The van der Waals surface area contributed by atoms with Gasteiger partial charge < -0.3 is 24.6 Å². The molecule has 2 bridgehead atoms. The van der Waals surface area contributed by atoms with Gasteiger partial charge in [0.2, 0.25) is 5.91 Å². The third-order valence-corrected chi connectivity index (χ3v) is 5.15. The maximum atomic E-state index is 11.4. The molecule has 6 nitrogen and oxygen atoms in total. The van der Waals surface area contributed by atoms with Gasteiger partial charge in [0.1, 0.15) is 23.2 Å². The highest BCUT2D eigenvalue weighted by molar-refractivity contribution is 8.00. The Labute approximate surface area is 116 Å². The SMILES string of the molecule is CC(=O)N[C@@H]1C2O[C@@](CO)(CS2)[C@@H]2OC(C)(C)O[C@H]12. The van der Waals surface area contributed by atoms with Crippen molar-refractivity contribution < 1.29 is 24.1 Å². The predicted octanol–water partition coefficient (Wildman–Crippen LogP) is -0.155. The smallest absolute Gasteiger partial charge is 0.217 e. The van der Waals surface area contributed by atoms with Crippen molar-refractivity contribution in [2.75, 3.05) is 12.4 Å². The van der Waals surface area contributed by atoms with Gasteiger partial charge in [-0.1, -0.05) is 0 Å². The Morgan fingerprint density at radius 2 is 2.16 bits per heavy atom. The highest BCUT2D eigenvalue weighted by Crippen LogP contribution is 2.50. The van der Waals surface area contributed by atoms with Crippen LogP contribution >= 0.6 is 11.8 Å². The van der Waals surface area contributed by atoms with Gasteiger partial charge in [-0.05, 0) is 13.8 Å². The number of hydrogen-bond acceptors (Lipinski definition) is 6. The van der Waals surface area contributed by atoms with Crippen molar-refractivity contribution in [2.45, 2.75) is 55.8 Å². The zero-order chi connectivity index (χ0) is 13.8. The van der Waals surface area contributed by atoms with E-state index in [1.165, 1.54) is 6.92 Å². The summed E-state index contributed by atoms with van der Waals surface area (Å²) in [5.41, 5.74) is -0.919. The van der Waals surface area contributed by atoms with Gasteiger partial charge in [0, 0.05) is 12.7 Å². The molecule has 0 radical (unpaired) electrons. The number of hydrogen-bond donors (Lipinski definition) is 2. The van der Waals surface area contributed by atoms with Crippen LogP contribution in [0, 0.1) is 0 Å². The van der Waals surface area contributed by atoms with Crippen molar-refractivity contribution in [2.24, 2.45) is 0 Å². The molecule has 3 aliphatic heterocycles. The lowest BCUT2D eigenvalue weighted by atomic mass is 9.88. The lowest BCUT2D eigenvalue weighted by Gasteiger charge is -2.42. The van der Waals surface area contributed by atoms with Gasteiger partial charge in [0.25, 0.3) is 0 Å². The number of carbonyl (C=O) groups is 1. The third kappa shape index (κ3) is 2.08. The number of aliphatic hydroxyl groups excluding tert-OH is 1. The number of amides is 1. The van der Waals surface area contributed by atoms with Gasteiger partial charge >= 0.3 is 0 Å². The van der Waals surface area contributed by atoms with Crippen LogP contribution in [0.4, 0.5) is 0 Å². The zero-order valence-corrected chi connectivity index (χ0v) is 12.0. The van der Waals surface area contributed by atoms with E-state index in [2.05, 4.69) is 5.32 Å². The molecule has 5 atom stereocenters. The number of carbonyl (C=O) groups excluding carboxylic acids is 1. The lowest BCUT2D eigenvalue weighted by Crippen LogP contribution is -2.65. The second-order valence-corrected chi connectivity index (χ2v) is 6.85. The average molecular weight is 289 g/mol. The van der Waals surface area contributed by atoms with Crippen molar-refractivity contribution in [3.8, 4) is 0 Å². The molecule has 0 aromatic heterocycles. The van der Waals surface area contributed by atoms with Crippen LogP contribution in [-0.4, -0.2) is 58.4 Å². The molecule has 19 heavy (non-hydrogen) atoms. The Hall–Kier alpha value is -0.340. The fourth-order valence-electron chi connectivity index (χ4n) is 3.02. The number of fused-ring (bicyclic) bond motifs is 4. The molecule has 7 heteroatoms. The van der Waals surface area contributed by atoms with Gasteiger partial charge in [0.05, 0.1) is 12.6 Å². The molecule has 1 unspecified atom stereocenters. The van der Waals surface area contributed by atoms with E-state index in [0.717, 1.165) is 0 Å². The molecule has 0 saturated carbocycles. The molecule has 3 fully saturated rings. The fourth-order valence-corrected chi connectivity index (χ4v) is 4.48. The molecule has 3 saturated heterocycles. The summed E-state index contributed by atoms with van der Waals surface area (Å²) >= 11 is 1.59. The van der Waals surface area contributed by atoms with Crippen molar-refractivity contribution >= 4 is 17.7 Å². The van der Waals surface area contributed by atoms with Gasteiger partial charge in [0.15, 0.2) is 5.79 Å². The zero-order valence-electron chi connectivity index (χ0n) is 11.2. The van der Waals surface area contributed by atoms with Gasteiger partial charge in [-0.2, -0.15) is 0 Å². The molecular formula is C12H19NO5S. The summed E-state index contributed by atoms with van der Waals surface area (Å²) in [6, 6.07) is -0.253. The minimum atomic E-state index is -0.729. The van der Waals surface area contributed by atoms with Crippen LogP contribution in [0.5, 0.6) is 0 Å². The van der Waals surface area contributed by atoms with Gasteiger partial charge in [-0.3, -0.25) is 4.79 Å². The Balaban J connectivity index is 1.92. The molecule has 0 aromatic carbocycles. The van der Waals surface area contributed by atoms with Crippen LogP contribution in [0.2, 0.25) is 0 Å². The maximum absolute atomic E-state index is 11.4. The van der Waals surface area contributed by atoms with Crippen LogP contribution in [0.1, 0.15) is 20.8 Å². The van der Waals surface area contributed by atoms with Crippen molar-refractivity contribution in [3.05, 3.63) is 0 Å². The van der Waals surface area contributed by atoms with E-state index in [-0.39, 0.29) is 36.2 Å². The fraction of sp³-hybridized carbons (Fsp3) is 0.917. The highest BCUT2D eigenvalue weighted by atomic mass is 32.2. The Morgan fingerprint density at radius 3 is 2.79 bits per heavy atom. The Morgan fingerprint density at radius 1 is 1.42 bits per heavy atom. The second kappa shape index (κ2) is 4.33. The molecule has 3 rings (SSSR count). The van der Waals surface area contributed by atoms with Crippen LogP contribution in [0.15, 0.2) is 0 Å². The molecule has 1 amide bonds. The van der Waals surface area contributed by atoms with E-state index in [4.69, 9.17) is 14.2 Å². The molecule has 0 aromatic rings. The number of nitrogens with one attached hydrogen (secondary N) is 1. The van der Waals surface area contributed by atoms with Crippen LogP contribution in [0.25, 0.3) is 0 Å². The minimum Gasteiger partial charge on any atom is -0.393 e. The van der Waals surface area contributed by atoms with Crippen molar-refractivity contribution in [1.29, 1.82) is 0 Å². The summed E-state index contributed by atoms with van der Waals surface area (Å²) in [4.78, 5) is 11.4. The normalized spacial score (nSPS) is 46.9. The molecule has 0 spiro atoms. The molecule has 3 heterocycles. The highest BCUT2D eigenvalue weighted by Gasteiger charge is 2.65. The first-order valence-electron chi connectivity index (χ1n) is 6.40. The van der Waals surface area contributed by atoms with Crippen molar-refractivity contribution in [3.63, 3.8) is 0 Å². The van der Waals surface area contributed by atoms with Gasteiger partial charge in [-0.25, -0.2) is 0 Å². The number of ether oxygens (including phenoxy) is 3. The third-order valence-electron chi connectivity index (χ3n) is 3.78. The van der Waals surface area contributed by atoms with Crippen molar-refractivity contribution in [1.82, 2.24) is 5.32 Å². The molecule has 0 aliphatic carbocycles. The quantitative estimate of drug-likeness (QED) is 0.736. The first kappa shape index (κ1) is 13.6. The molecule has 2 N–H and O–H groups in total. The second-order valence-electron chi connectivity index (χ2n) is 5.77. The van der Waals surface area contributed by atoms with E-state index in [9.17, 15) is 9.90 Å². The molecule has 3 aliphatic rings. The first-order valence-corrected chi connectivity index (χ1v) is 7.45.